The van der Waals surface area contributed by atoms with Crippen LogP contribution in [0.4, 0.5) is 10.2 Å². The molecule has 3 aromatic rings. The first kappa shape index (κ1) is 17.2. The Labute approximate surface area is 162 Å². The lowest BCUT2D eigenvalue weighted by molar-refractivity contribution is 0.129. The number of nitrogens with zero attached hydrogens (tertiary/aromatic N) is 6. The molecule has 1 saturated heterocycles. The lowest BCUT2D eigenvalue weighted by atomic mass is 9.82. The van der Waals surface area contributed by atoms with Crippen molar-refractivity contribution in [3.63, 3.8) is 0 Å². The van der Waals surface area contributed by atoms with Gasteiger partial charge in [0.1, 0.15) is 11.6 Å². The number of halogens is 1. The minimum Gasteiger partial charge on any atom is -0.463 e. The monoisotopic (exact) mass is 380 g/mol. The molecule has 1 saturated carbocycles. The standard InChI is InChI=1S/C20H21FN6O/c1-13-25-17-9-22-6-4-16(17)18(26-13)27-10-14-3-2-5-20(14,11-27)12-28-19-23-7-15(21)8-24-19/h4,6-9,14H,2-3,5,10-12H2,1H3. The van der Waals surface area contributed by atoms with Gasteiger partial charge in [-0.1, -0.05) is 6.42 Å². The molecule has 1 aliphatic carbocycles. The Hall–Kier alpha value is -2.90. The van der Waals surface area contributed by atoms with Gasteiger partial charge in [-0.25, -0.2) is 24.3 Å². The van der Waals surface area contributed by atoms with Crippen LogP contribution >= 0.6 is 0 Å². The van der Waals surface area contributed by atoms with Crippen LogP contribution < -0.4 is 9.64 Å². The second-order valence-electron chi connectivity index (χ2n) is 7.79. The zero-order valence-electron chi connectivity index (χ0n) is 15.7. The summed E-state index contributed by atoms with van der Waals surface area (Å²) >= 11 is 0. The molecule has 0 spiro atoms. The van der Waals surface area contributed by atoms with E-state index in [0.29, 0.717) is 12.5 Å². The van der Waals surface area contributed by atoms with E-state index in [-0.39, 0.29) is 11.4 Å². The quantitative estimate of drug-likeness (QED) is 0.689. The van der Waals surface area contributed by atoms with Crippen LogP contribution in [-0.2, 0) is 0 Å². The molecule has 144 valence electrons. The molecular weight excluding hydrogens is 359 g/mol. The van der Waals surface area contributed by atoms with E-state index in [1.54, 1.807) is 12.4 Å². The van der Waals surface area contributed by atoms with Gasteiger partial charge in [0.05, 0.1) is 30.7 Å². The third-order valence-corrected chi connectivity index (χ3v) is 6.02. The molecule has 0 bridgehead atoms. The maximum atomic E-state index is 13.0. The molecule has 7 nitrogen and oxygen atoms in total. The van der Waals surface area contributed by atoms with Crippen molar-refractivity contribution >= 4 is 16.7 Å². The molecule has 1 aliphatic heterocycles. The van der Waals surface area contributed by atoms with E-state index in [2.05, 4.69) is 24.8 Å². The number of pyridine rings is 1. The van der Waals surface area contributed by atoms with Crippen LogP contribution in [0.3, 0.4) is 0 Å². The average molecular weight is 380 g/mol. The Bertz CT molecular complexity index is 1010. The fraction of sp³-hybridized carbons (Fsp3) is 0.450. The molecule has 2 atom stereocenters. The van der Waals surface area contributed by atoms with Crippen LogP contribution in [0, 0.1) is 24.1 Å². The molecule has 0 aromatic carbocycles. The van der Waals surface area contributed by atoms with E-state index in [9.17, 15) is 4.39 Å². The van der Waals surface area contributed by atoms with E-state index in [0.717, 1.165) is 54.4 Å². The third-order valence-electron chi connectivity index (χ3n) is 6.02. The summed E-state index contributed by atoms with van der Waals surface area (Å²) in [5.41, 5.74) is 0.905. The van der Waals surface area contributed by atoms with Crippen molar-refractivity contribution in [2.75, 3.05) is 24.6 Å². The van der Waals surface area contributed by atoms with E-state index in [1.807, 2.05) is 13.0 Å². The molecule has 8 heteroatoms. The number of aromatic nitrogens is 5. The molecule has 4 heterocycles. The van der Waals surface area contributed by atoms with E-state index < -0.39 is 5.82 Å². The fourth-order valence-electron chi connectivity index (χ4n) is 4.71. The minimum atomic E-state index is -0.461. The zero-order valence-corrected chi connectivity index (χ0v) is 15.7. The van der Waals surface area contributed by atoms with Crippen molar-refractivity contribution in [1.82, 2.24) is 24.9 Å². The molecule has 2 aliphatic rings. The molecule has 0 N–H and O–H groups in total. The van der Waals surface area contributed by atoms with Crippen molar-refractivity contribution in [2.24, 2.45) is 11.3 Å². The van der Waals surface area contributed by atoms with Gasteiger partial charge < -0.3 is 9.64 Å². The number of ether oxygens (including phenoxy) is 1. The summed E-state index contributed by atoms with van der Waals surface area (Å²) in [5, 5.41) is 1.03. The van der Waals surface area contributed by atoms with Crippen LogP contribution in [0.15, 0.2) is 30.9 Å². The largest absolute Gasteiger partial charge is 0.463 e. The maximum absolute atomic E-state index is 13.0. The van der Waals surface area contributed by atoms with Crippen molar-refractivity contribution < 1.29 is 9.13 Å². The lowest BCUT2D eigenvalue weighted by Gasteiger charge is -2.28. The topological polar surface area (TPSA) is 76.9 Å². The summed E-state index contributed by atoms with van der Waals surface area (Å²) in [6.07, 6.45) is 9.31. The van der Waals surface area contributed by atoms with Gasteiger partial charge in [-0.05, 0) is 31.7 Å². The van der Waals surface area contributed by atoms with Crippen LogP contribution in [0.2, 0.25) is 0 Å². The number of fused-ring (bicyclic) bond motifs is 2. The third kappa shape index (κ3) is 2.93. The number of hydrogen-bond acceptors (Lipinski definition) is 7. The molecule has 2 fully saturated rings. The predicted octanol–water partition coefficient (Wildman–Crippen LogP) is 2.95. The van der Waals surface area contributed by atoms with Crippen molar-refractivity contribution in [2.45, 2.75) is 26.2 Å². The van der Waals surface area contributed by atoms with E-state index in [4.69, 9.17) is 9.72 Å². The normalized spacial score (nSPS) is 23.9. The van der Waals surface area contributed by atoms with Crippen molar-refractivity contribution in [1.29, 1.82) is 0 Å². The van der Waals surface area contributed by atoms with Crippen molar-refractivity contribution in [3.8, 4) is 6.01 Å². The van der Waals surface area contributed by atoms with Gasteiger partial charge in [-0.15, -0.1) is 0 Å². The van der Waals surface area contributed by atoms with Crippen LogP contribution in [-0.4, -0.2) is 44.6 Å². The number of hydrogen-bond donors (Lipinski definition) is 0. The highest BCUT2D eigenvalue weighted by molar-refractivity contribution is 5.89. The Morgan fingerprint density at radius 1 is 1.25 bits per heavy atom. The molecular formula is C20H21FN6O. The summed E-state index contributed by atoms with van der Waals surface area (Å²) in [5.74, 6) is 1.78. The minimum absolute atomic E-state index is 0.0377. The van der Waals surface area contributed by atoms with Gasteiger partial charge >= 0.3 is 6.01 Å². The highest BCUT2D eigenvalue weighted by Gasteiger charge is 2.50. The average Bonchev–Trinajstić information content (AvgIpc) is 3.24. The molecule has 3 aromatic heterocycles. The van der Waals surface area contributed by atoms with E-state index >= 15 is 0 Å². The smallest absolute Gasteiger partial charge is 0.316 e. The summed E-state index contributed by atoms with van der Waals surface area (Å²) in [6.45, 7) is 4.26. The SMILES string of the molecule is Cc1nc(N2CC3CCCC3(COc3ncc(F)cn3)C2)c2ccncc2n1. The first-order valence-electron chi connectivity index (χ1n) is 9.57. The Morgan fingerprint density at radius 3 is 2.96 bits per heavy atom. The van der Waals surface area contributed by atoms with Gasteiger partial charge in [0.2, 0.25) is 0 Å². The van der Waals surface area contributed by atoms with Crippen LogP contribution in [0.1, 0.15) is 25.1 Å². The van der Waals surface area contributed by atoms with Gasteiger partial charge in [0.15, 0.2) is 5.82 Å². The van der Waals surface area contributed by atoms with Crippen LogP contribution in [0.25, 0.3) is 10.9 Å². The summed E-state index contributed by atoms with van der Waals surface area (Å²) in [7, 11) is 0. The van der Waals surface area contributed by atoms with Crippen LogP contribution in [0.5, 0.6) is 6.01 Å². The molecule has 5 rings (SSSR count). The molecule has 2 unspecified atom stereocenters. The lowest BCUT2D eigenvalue weighted by Crippen LogP contribution is -2.34. The van der Waals surface area contributed by atoms with Crippen molar-refractivity contribution in [3.05, 3.63) is 42.5 Å². The zero-order chi connectivity index (χ0) is 19.1. The van der Waals surface area contributed by atoms with E-state index in [1.165, 1.54) is 12.8 Å². The van der Waals surface area contributed by atoms with Gasteiger partial charge in [-0.2, -0.15) is 0 Å². The molecule has 0 radical (unpaired) electrons. The summed E-state index contributed by atoms with van der Waals surface area (Å²) in [4.78, 5) is 23.7. The predicted molar refractivity (Wildman–Crippen MR) is 102 cm³/mol. The fourth-order valence-corrected chi connectivity index (χ4v) is 4.71. The highest BCUT2D eigenvalue weighted by Crippen LogP contribution is 2.50. The number of rotatable bonds is 4. The Kier molecular flexibility index (Phi) is 4.07. The summed E-state index contributed by atoms with van der Waals surface area (Å²) < 4.78 is 18.9. The highest BCUT2D eigenvalue weighted by atomic mass is 19.1. The number of anilines is 1. The molecule has 0 amide bonds. The first-order valence-corrected chi connectivity index (χ1v) is 9.57. The second-order valence-corrected chi connectivity index (χ2v) is 7.79. The van der Waals surface area contributed by atoms with Gasteiger partial charge in [-0.3, -0.25) is 4.98 Å². The number of aryl methyl sites for hydroxylation is 1. The second kappa shape index (κ2) is 6.61. The summed E-state index contributed by atoms with van der Waals surface area (Å²) in [6, 6.07) is 2.21. The Balaban J connectivity index is 1.42. The van der Waals surface area contributed by atoms with Gasteiger partial charge in [0, 0.05) is 30.1 Å². The first-order chi connectivity index (χ1) is 13.6. The molecule has 28 heavy (non-hydrogen) atoms. The maximum Gasteiger partial charge on any atom is 0.316 e. The van der Waals surface area contributed by atoms with Gasteiger partial charge in [0.25, 0.3) is 0 Å². The Morgan fingerprint density at radius 2 is 2.11 bits per heavy atom.